The van der Waals surface area contributed by atoms with Gasteiger partial charge in [-0.1, -0.05) is 8.78 Å². The molecule has 0 rings (SSSR count). The maximum Gasteiger partial charge on any atom is 0.639 e. The van der Waals surface area contributed by atoms with E-state index in [0.29, 0.717) is 0 Å². The van der Waals surface area contributed by atoms with Gasteiger partial charge in [0, 0.05) is 0 Å². The van der Waals surface area contributed by atoms with Gasteiger partial charge in [0.25, 0.3) is 0 Å². The molecular formula is C4H4F2N4O12S. The van der Waals surface area contributed by atoms with Crippen LogP contribution in [0.4, 0.5) is 8.78 Å². The van der Waals surface area contributed by atoms with Crippen molar-refractivity contribution in [3.8, 4) is 0 Å². The Bertz CT molecular complexity index is 557. The molecule has 0 radical (unpaired) electrons. The predicted octanol–water partition coefficient (Wildman–Crippen LogP) is -1.38. The number of hydrogen-bond acceptors (Lipinski definition) is 12. The van der Waals surface area contributed by atoms with E-state index in [1.165, 1.54) is 0 Å². The fourth-order valence-corrected chi connectivity index (χ4v) is 1.33. The van der Waals surface area contributed by atoms with Gasteiger partial charge in [-0.3, -0.25) is 40.5 Å². The van der Waals surface area contributed by atoms with Crippen molar-refractivity contribution in [1.82, 2.24) is 0 Å². The van der Waals surface area contributed by atoms with Gasteiger partial charge in [0.1, 0.15) is 19.7 Å². The molecule has 0 fully saturated rings. The third kappa shape index (κ3) is 4.65. The SMILES string of the molecule is O=[N+]([O-])C(F)(COS(=O)(=O)OCC(F)([N+](=O)[O-])[N+](=O)[O-])[N+](=O)[O-]. The maximum absolute atomic E-state index is 13.2. The van der Waals surface area contributed by atoms with Crippen molar-refractivity contribution in [2.24, 2.45) is 0 Å². The molecule has 19 heteroatoms. The van der Waals surface area contributed by atoms with Crippen LogP contribution in [0.2, 0.25) is 0 Å². The molecule has 0 atom stereocenters. The van der Waals surface area contributed by atoms with Crippen LogP contribution in [0.25, 0.3) is 0 Å². The first-order valence-corrected chi connectivity index (χ1v) is 6.02. The minimum Gasteiger partial charge on any atom is -0.256 e. The molecule has 0 amide bonds. The van der Waals surface area contributed by atoms with Crippen LogP contribution in [-0.4, -0.2) is 53.2 Å². The molecule has 0 aliphatic heterocycles. The van der Waals surface area contributed by atoms with Crippen molar-refractivity contribution >= 4 is 10.4 Å². The smallest absolute Gasteiger partial charge is 0.256 e. The summed E-state index contributed by atoms with van der Waals surface area (Å²) in [6.45, 7) is -4.77. The van der Waals surface area contributed by atoms with Crippen molar-refractivity contribution < 1.29 is 45.3 Å². The lowest BCUT2D eigenvalue weighted by Crippen LogP contribution is -2.48. The van der Waals surface area contributed by atoms with Crippen LogP contribution in [0.15, 0.2) is 0 Å². The summed E-state index contributed by atoms with van der Waals surface area (Å²) < 4.78 is 54.9. The van der Waals surface area contributed by atoms with Gasteiger partial charge in [-0.2, -0.15) is 8.42 Å². The molecule has 0 N–H and O–H groups in total. The molecule has 0 bridgehead atoms. The average Bonchev–Trinajstić information content (AvgIpc) is 2.41. The minimum atomic E-state index is -5.68. The fourth-order valence-electron chi connectivity index (χ4n) is 0.672. The van der Waals surface area contributed by atoms with Crippen molar-refractivity contribution in [2.45, 2.75) is 11.8 Å². The zero-order valence-electron chi connectivity index (χ0n) is 10.3. The normalized spacial score (nSPS) is 12.6. The van der Waals surface area contributed by atoms with Crippen LogP contribution in [-0.2, 0) is 18.8 Å². The molecule has 0 aromatic carbocycles. The van der Waals surface area contributed by atoms with Gasteiger partial charge in [0.2, 0.25) is 13.2 Å². The molecule has 0 spiro atoms. The van der Waals surface area contributed by atoms with Gasteiger partial charge in [-0.15, -0.1) is 0 Å². The largest absolute Gasteiger partial charge is 0.639 e. The second-order valence-electron chi connectivity index (χ2n) is 3.40. The molecule has 0 saturated carbocycles. The lowest BCUT2D eigenvalue weighted by molar-refractivity contribution is -0.832. The van der Waals surface area contributed by atoms with Gasteiger partial charge in [0.05, 0.1) is 0 Å². The van der Waals surface area contributed by atoms with E-state index < -0.39 is 55.1 Å². The predicted molar refractivity (Wildman–Crippen MR) is 56.5 cm³/mol. The van der Waals surface area contributed by atoms with Crippen molar-refractivity contribution in [3.63, 3.8) is 0 Å². The first-order valence-electron chi connectivity index (χ1n) is 4.68. The summed E-state index contributed by atoms with van der Waals surface area (Å²) in [4.78, 5) is 31.8. The second-order valence-corrected chi connectivity index (χ2v) is 4.69. The molecule has 0 aromatic heterocycles. The van der Waals surface area contributed by atoms with E-state index in [-0.39, 0.29) is 0 Å². The van der Waals surface area contributed by atoms with Crippen molar-refractivity contribution in [1.29, 1.82) is 0 Å². The van der Waals surface area contributed by atoms with Crippen LogP contribution in [0.3, 0.4) is 0 Å². The molecular weight excluding hydrogens is 366 g/mol. The Kier molecular flexibility index (Phi) is 5.85. The summed E-state index contributed by atoms with van der Waals surface area (Å²) in [6.07, 6.45) is 0. The number of nitrogens with zero attached hydrogens (tertiary/aromatic N) is 4. The zero-order chi connectivity index (χ0) is 18.6. The standard InChI is InChI=1S/C4H4F2N4O12S/c5-3(7(11)12,8(13)14)1-21-23(19,20)22-2-4(6,9(15)16)10(17)18/h1-2H2. The van der Waals surface area contributed by atoms with Gasteiger partial charge in [0.15, 0.2) is 0 Å². The van der Waals surface area contributed by atoms with Gasteiger partial charge in [-0.25, -0.2) is 8.37 Å². The van der Waals surface area contributed by atoms with E-state index in [1.54, 1.807) is 0 Å². The minimum absolute atomic E-state index is 2.17. The molecule has 0 saturated heterocycles. The van der Waals surface area contributed by atoms with E-state index >= 15 is 0 Å². The fraction of sp³-hybridized carbons (Fsp3) is 1.00. The average molecular weight is 370 g/mol. The quantitative estimate of drug-likeness (QED) is 0.187. The van der Waals surface area contributed by atoms with Crippen LogP contribution in [0, 0.1) is 40.5 Å². The third-order valence-electron chi connectivity index (χ3n) is 1.89. The Morgan fingerprint density at radius 2 is 0.957 bits per heavy atom. The Balaban J connectivity index is 5.05. The molecule has 23 heavy (non-hydrogen) atoms. The molecule has 16 nitrogen and oxygen atoms in total. The van der Waals surface area contributed by atoms with Gasteiger partial charge in [-0.05, 0) is 0 Å². The number of halogens is 2. The highest BCUT2D eigenvalue weighted by atomic mass is 32.3. The highest BCUT2D eigenvalue weighted by Gasteiger charge is 2.61. The van der Waals surface area contributed by atoms with Crippen LogP contribution >= 0.6 is 0 Å². The summed E-state index contributed by atoms with van der Waals surface area (Å²) in [5, 5.41) is 40.4. The molecule has 0 unspecified atom stereocenters. The van der Waals surface area contributed by atoms with Crippen LogP contribution < -0.4 is 0 Å². The van der Waals surface area contributed by atoms with Gasteiger partial charge < -0.3 is 0 Å². The third-order valence-corrected chi connectivity index (χ3v) is 2.71. The monoisotopic (exact) mass is 370 g/mol. The molecule has 0 heterocycles. The molecule has 0 aliphatic carbocycles. The summed E-state index contributed by atoms with van der Waals surface area (Å²) >= 11 is 0. The second kappa shape index (κ2) is 6.62. The number of rotatable bonds is 10. The summed E-state index contributed by atoms with van der Waals surface area (Å²) in [5.41, 5.74) is 0. The van der Waals surface area contributed by atoms with E-state index in [4.69, 9.17) is 0 Å². The van der Waals surface area contributed by atoms with E-state index in [1.807, 2.05) is 0 Å². The first kappa shape index (κ1) is 20.3. The summed E-state index contributed by atoms with van der Waals surface area (Å²) in [5.74, 6) is -9.26. The number of nitro groups is 4. The zero-order valence-corrected chi connectivity index (χ0v) is 11.1. The Hall–Kier alpha value is -2.67. The lowest BCUT2D eigenvalue weighted by atomic mass is 10.5. The summed E-state index contributed by atoms with van der Waals surface area (Å²) in [6, 6.07) is 0. The Morgan fingerprint density at radius 1 is 0.739 bits per heavy atom. The van der Waals surface area contributed by atoms with Crippen LogP contribution in [0.1, 0.15) is 0 Å². The Labute approximate surface area is 122 Å². The maximum atomic E-state index is 13.2. The highest BCUT2D eigenvalue weighted by molar-refractivity contribution is 7.81. The van der Waals surface area contributed by atoms with Gasteiger partial charge >= 0.3 is 22.2 Å². The number of alkyl halides is 2. The number of hydrogen-bond donors (Lipinski definition) is 0. The van der Waals surface area contributed by atoms with E-state index in [0.717, 1.165) is 0 Å². The van der Waals surface area contributed by atoms with E-state index in [9.17, 15) is 57.7 Å². The first-order chi connectivity index (χ1) is 10.2. The lowest BCUT2D eigenvalue weighted by Gasteiger charge is -2.10. The highest BCUT2D eigenvalue weighted by Crippen LogP contribution is 2.18. The summed E-state index contributed by atoms with van der Waals surface area (Å²) in [7, 11) is -5.68. The topological polar surface area (TPSA) is 225 Å². The van der Waals surface area contributed by atoms with Crippen molar-refractivity contribution in [2.75, 3.05) is 13.2 Å². The van der Waals surface area contributed by atoms with Crippen LogP contribution in [0.5, 0.6) is 0 Å². The van der Waals surface area contributed by atoms with E-state index in [2.05, 4.69) is 8.37 Å². The van der Waals surface area contributed by atoms with Crippen molar-refractivity contribution in [3.05, 3.63) is 40.5 Å². The molecule has 132 valence electrons. The molecule has 0 aliphatic rings. The Morgan fingerprint density at radius 3 is 1.13 bits per heavy atom. The molecule has 0 aromatic rings.